The highest BCUT2D eigenvalue weighted by atomic mass is 16.3. The zero-order chi connectivity index (χ0) is 12.4. The monoisotopic (exact) mass is 235 g/mol. The number of likely N-dealkylation sites (N-methyl/N-ethyl adjacent to an activating group) is 1. The second kappa shape index (κ2) is 4.73. The zero-order valence-electron chi connectivity index (χ0n) is 10.1. The molecule has 0 bridgehead atoms. The van der Waals surface area contributed by atoms with Crippen molar-refractivity contribution >= 4 is 16.8 Å². The number of aliphatic hydroxyl groups excluding tert-OH is 1. The minimum absolute atomic E-state index is 0.258. The van der Waals surface area contributed by atoms with Crippen molar-refractivity contribution in [3.05, 3.63) is 24.1 Å². The lowest BCUT2D eigenvalue weighted by molar-refractivity contribution is 0.189. The Labute approximate surface area is 99.8 Å². The summed E-state index contributed by atoms with van der Waals surface area (Å²) in [7, 11) is 1.91. The maximum atomic E-state index is 9.50. The van der Waals surface area contributed by atoms with Crippen LogP contribution in [0.1, 0.15) is 5.89 Å². The first-order chi connectivity index (χ1) is 8.10. The molecule has 0 aliphatic carbocycles. The van der Waals surface area contributed by atoms with Gasteiger partial charge in [0.05, 0.1) is 6.10 Å². The molecule has 5 nitrogen and oxygen atoms in total. The summed E-state index contributed by atoms with van der Waals surface area (Å²) in [6.45, 7) is 2.57. The van der Waals surface area contributed by atoms with Crippen LogP contribution in [0.25, 0.3) is 11.1 Å². The Kier molecular flexibility index (Phi) is 3.31. The van der Waals surface area contributed by atoms with E-state index in [2.05, 4.69) is 4.98 Å². The number of rotatable bonds is 4. The van der Waals surface area contributed by atoms with Crippen LogP contribution in [-0.4, -0.2) is 36.3 Å². The van der Waals surface area contributed by atoms with E-state index in [1.807, 2.05) is 37.1 Å². The van der Waals surface area contributed by atoms with Gasteiger partial charge in [0.2, 0.25) is 0 Å². The van der Waals surface area contributed by atoms with E-state index in [-0.39, 0.29) is 6.54 Å². The summed E-state index contributed by atoms with van der Waals surface area (Å²) >= 11 is 0. The molecule has 0 amide bonds. The summed E-state index contributed by atoms with van der Waals surface area (Å²) in [5, 5.41) is 9.50. The van der Waals surface area contributed by atoms with Gasteiger partial charge in [-0.25, -0.2) is 4.98 Å². The molecule has 2 aromatic rings. The molecule has 0 saturated heterocycles. The SMILES string of the molecule is Cc1nc2ccc(N(C)CC(O)CN)cc2o1. The highest BCUT2D eigenvalue weighted by Crippen LogP contribution is 2.22. The lowest BCUT2D eigenvalue weighted by Gasteiger charge is -2.21. The third-order valence-electron chi connectivity index (χ3n) is 2.68. The quantitative estimate of drug-likeness (QED) is 0.823. The third-order valence-corrected chi connectivity index (χ3v) is 2.68. The molecule has 5 heteroatoms. The van der Waals surface area contributed by atoms with E-state index in [9.17, 15) is 5.11 Å². The molecule has 0 aliphatic rings. The Balaban J connectivity index is 2.23. The summed E-state index contributed by atoms with van der Waals surface area (Å²) in [6.07, 6.45) is -0.521. The van der Waals surface area contributed by atoms with Gasteiger partial charge in [-0.1, -0.05) is 0 Å². The van der Waals surface area contributed by atoms with Crippen LogP contribution in [0.5, 0.6) is 0 Å². The molecule has 0 fully saturated rings. The van der Waals surface area contributed by atoms with Crippen molar-refractivity contribution in [3.8, 4) is 0 Å². The summed E-state index contributed by atoms with van der Waals surface area (Å²) in [5.74, 6) is 0.654. The molecule has 0 spiro atoms. The normalized spacial score (nSPS) is 12.9. The van der Waals surface area contributed by atoms with Gasteiger partial charge < -0.3 is 20.2 Å². The van der Waals surface area contributed by atoms with Gasteiger partial charge in [-0.3, -0.25) is 0 Å². The van der Waals surface area contributed by atoms with Crippen LogP contribution in [-0.2, 0) is 0 Å². The van der Waals surface area contributed by atoms with Gasteiger partial charge in [0.1, 0.15) is 5.52 Å². The fourth-order valence-corrected chi connectivity index (χ4v) is 1.76. The van der Waals surface area contributed by atoms with E-state index in [0.29, 0.717) is 12.4 Å². The number of aryl methyl sites for hydroxylation is 1. The van der Waals surface area contributed by atoms with Crippen molar-refractivity contribution in [1.29, 1.82) is 0 Å². The molecule has 1 aromatic heterocycles. The Morgan fingerprint density at radius 1 is 1.53 bits per heavy atom. The first-order valence-electron chi connectivity index (χ1n) is 5.56. The number of oxazole rings is 1. The molecule has 1 unspecified atom stereocenters. The minimum atomic E-state index is -0.521. The van der Waals surface area contributed by atoms with Gasteiger partial charge in [-0.2, -0.15) is 0 Å². The average molecular weight is 235 g/mol. The highest BCUT2D eigenvalue weighted by molar-refractivity contribution is 5.77. The van der Waals surface area contributed by atoms with Crippen molar-refractivity contribution < 1.29 is 9.52 Å². The van der Waals surface area contributed by atoms with Crippen LogP contribution in [0.2, 0.25) is 0 Å². The largest absolute Gasteiger partial charge is 0.441 e. The molecular formula is C12H17N3O2. The summed E-state index contributed by atoms with van der Waals surface area (Å²) < 4.78 is 5.47. The van der Waals surface area contributed by atoms with E-state index in [0.717, 1.165) is 16.8 Å². The number of fused-ring (bicyclic) bond motifs is 1. The van der Waals surface area contributed by atoms with Gasteiger partial charge in [0, 0.05) is 38.8 Å². The molecule has 92 valence electrons. The first kappa shape index (κ1) is 11.9. The zero-order valence-corrected chi connectivity index (χ0v) is 10.1. The smallest absolute Gasteiger partial charge is 0.192 e. The standard InChI is InChI=1S/C12H17N3O2/c1-8-14-11-4-3-9(5-12(11)17-8)15(2)7-10(16)6-13/h3-5,10,16H,6-7,13H2,1-2H3. The van der Waals surface area contributed by atoms with E-state index < -0.39 is 6.10 Å². The van der Waals surface area contributed by atoms with Crippen molar-refractivity contribution in [1.82, 2.24) is 4.98 Å². The number of aromatic nitrogens is 1. The molecule has 2 rings (SSSR count). The summed E-state index contributed by atoms with van der Waals surface area (Å²) in [4.78, 5) is 6.18. The fourth-order valence-electron chi connectivity index (χ4n) is 1.76. The molecular weight excluding hydrogens is 218 g/mol. The van der Waals surface area contributed by atoms with Crippen LogP contribution < -0.4 is 10.6 Å². The number of hydrogen-bond donors (Lipinski definition) is 2. The molecule has 1 aromatic carbocycles. The number of aliphatic hydroxyl groups is 1. The number of hydrogen-bond acceptors (Lipinski definition) is 5. The van der Waals surface area contributed by atoms with Crippen LogP contribution in [0.4, 0.5) is 5.69 Å². The van der Waals surface area contributed by atoms with E-state index >= 15 is 0 Å². The maximum Gasteiger partial charge on any atom is 0.192 e. The van der Waals surface area contributed by atoms with Crippen LogP contribution in [0.15, 0.2) is 22.6 Å². The van der Waals surface area contributed by atoms with E-state index in [4.69, 9.17) is 10.2 Å². The summed E-state index contributed by atoms with van der Waals surface area (Å²) in [5.41, 5.74) is 7.97. The molecule has 0 aliphatic heterocycles. The fraction of sp³-hybridized carbons (Fsp3) is 0.417. The Bertz CT molecular complexity index is 509. The highest BCUT2D eigenvalue weighted by Gasteiger charge is 2.09. The third kappa shape index (κ3) is 2.57. The first-order valence-corrected chi connectivity index (χ1v) is 5.56. The Hall–Kier alpha value is -1.59. The topological polar surface area (TPSA) is 75.5 Å². The van der Waals surface area contributed by atoms with Gasteiger partial charge in [-0.15, -0.1) is 0 Å². The predicted molar refractivity (Wildman–Crippen MR) is 67.1 cm³/mol. The van der Waals surface area contributed by atoms with Crippen molar-refractivity contribution in [2.24, 2.45) is 5.73 Å². The Morgan fingerprint density at radius 3 is 3.00 bits per heavy atom. The van der Waals surface area contributed by atoms with Crippen LogP contribution in [0, 0.1) is 6.92 Å². The lowest BCUT2D eigenvalue weighted by Crippen LogP contribution is -2.34. The minimum Gasteiger partial charge on any atom is -0.441 e. The second-order valence-electron chi connectivity index (χ2n) is 4.15. The molecule has 17 heavy (non-hydrogen) atoms. The van der Waals surface area contributed by atoms with Gasteiger partial charge >= 0.3 is 0 Å². The average Bonchev–Trinajstić information content (AvgIpc) is 2.67. The van der Waals surface area contributed by atoms with E-state index in [1.54, 1.807) is 0 Å². The van der Waals surface area contributed by atoms with Crippen LogP contribution in [0.3, 0.4) is 0 Å². The van der Waals surface area contributed by atoms with Crippen molar-refractivity contribution in [2.75, 3.05) is 25.0 Å². The Morgan fingerprint density at radius 2 is 2.29 bits per heavy atom. The summed E-state index contributed by atoms with van der Waals surface area (Å²) in [6, 6.07) is 5.78. The molecule has 3 N–H and O–H groups in total. The molecule has 0 radical (unpaired) electrons. The van der Waals surface area contributed by atoms with Gasteiger partial charge in [-0.05, 0) is 12.1 Å². The van der Waals surface area contributed by atoms with Crippen molar-refractivity contribution in [2.45, 2.75) is 13.0 Å². The maximum absolute atomic E-state index is 9.50. The van der Waals surface area contributed by atoms with Gasteiger partial charge in [0.15, 0.2) is 11.5 Å². The number of nitrogens with two attached hydrogens (primary N) is 1. The second-order valence-corrected chi connectivity index (χ2v) is 4.15. The number of benzene rings is 1. The van der Waals surface area contributed by atoms with Gasteiger partial charge in [0.25, 0.3) is 0 Å². The number of anilines is 1. The van der Waals surface area contributed by atoms with E-state index in [1.165, 1.54) is 0 Å². The predicted octanol–water partition coefficient (Wildman–Crippen LogP) is 0.892. The van der Waals surface area contributed by atoms with Crippen LogP contribution >= 0.6 is 0 Å². The molecule has 1 atom stereocenters. The lowest BCUT2D eigenvalue weighted by atomic mass is 10.2. The van der Waals surface area contributed by atoms with Crippen molar-refractivity contribution in [3.63, 3.8) is 0 Å². The molecule has 0 saturated carbocycles. The number of nitrogens with zero attached hydrogens (tertiary/aromatic N) is 2. The molecule has 1 heterocycles.